The molecule has 1 saturated heterocycles. The second-order valence-electron chi connectivity index (χ2n) is 7.86. The predicted octanol–water partition coefficient (Wildman–Crippen LogP) is 2.21. The number of hydrogen-bond donors (Lipinski definition) is 2. The van der Waals surface area contributed by atoms with Crippen molar-refractivity contribution in [3.05, 3.63) is 59.0 Å². The van der Waals surface area contributed by atoms with Crippen LogP contribution in [0.3, 0.4) is 0 Å². The fourth-order valence-corrected chi connectivity index (χ4v) is 4.03. The van der Waals surface area contributed by atoms with Gasteiger partial charge in [0.15, 0.2) is 5.65 Å². The zero-order valence-electron chi connectivity index (χ0n) is 17.4. The molecule has 0 radical (unpaired) electrons. The Morgan fingerprint density at radius 1 is 1.21 bits per heavy atom. The van der Waals surface area contributed by atoms with Crippen molar-refractivity contribution in [1.82, 2.24) is 24.7 Å². The molecule has 2 aromatic heterocycles. The molecule has 4 heterocycles. The largest absolute Gasteiger partial charge is 0.490 e. The summed E-state index contributed by atoms with van der Waals surface area (Å²) in [5.74, 6) is -3.75. The lowest BCUT2D eigenvalue weighted by Gasteiger charge is -2.38. The molecular weight excluding hydrogens is 467 g/mol. The molecule has 5 rings (SSSR count). The normalized spacial score (nSPS) is 22.8. The highest BCUT2D eigenvalue weighted by Crippen LogP contribution is 2.34. The van der Waals surface area contributed by atoms with Gasteiger partial charge in [0.2, 0.25) is 0 Å². The maximum Gasteiger partial charge on any atom is 0.490 e. The first-order chi connectivity index (χ1) is 16.0. The molecule has 0 spiro atoms. The molecule has 0 aliphatic carbocycles. The molecule has 0 saturated carbocycles. The van der Waals surface area contributed by atoms with Gasteiger partial charge in [0.25, 0.3) is 0 Å². The molecule has 0 bridgehead atoms. The van der Waals surface area contributed by atoms with Gasteiger partial charge in [-0.25, -0.2) is 18.6 Å². The van der Waals surface area contributed by atoms with Gasteiger partial charge in [-0.05, 0) is 24.6 Å². The van der Waals surface area contributed by atoms with E-state index in [9.17, 15) is 22.0 Å². The summed E-state index contributed by atoms with van der Waals surface area (Å²) >= 11 is 0. The molecule has 3 atom stereocenters. The Bertz CT molecular complexity index is 1200. The molecule has 1 fully saturated rings. The second kappa shape index (κ2) is 9.19. The van der Waals surface area contributed by atoms with E-state index in [0.717, 1.165) is 35.1 Å². The molecule has 0 unspecified atom stereocenters. The number of benzene rings is 1. The Kier molecular flexibility index (Phi) is 6.47. The van der Waals surface area contributed by atoms with Crippen molar-refractivity contribution in [2.24, 2.45) is 5.73 Å². The van der Waals surface area contributed by atoms with Gasteiger partial charge in [0, 0.05) is 42.5 Å². The summed E-state index contributed by atoms with van der Waals surface area (Å²) < 4.78 is 66.7. The lowest BCUT2D eigenvalue weighted by molar-refractivity contribution is -0.192. The van der Waals surface area contributed by atoms with Crippen molar-refractivity contribution in [3.8, 4) is 0 Å². The van der Waals surface area contributed by atoms with Crippen LogP contribution in [0.5, 0.6) is 0 Å². The number of alkyl halides is 3. The van der Waals surface area contributed by atoms with E-state index < -0.39 is 35.9 Å². The van der Waals surface area contributed by atoms with Crippen LogP contribution in [0, 0.1) is 11.6 Å². The maximum absolute atomic E-state index is 14.1. The first-order valence-corrected chi connectivity index (χ1v) is 10.1. The monoisotopic (exact) mass is 486 g/mol. The minimum atomic E-state index is -5.08. The molecule has 34 heavy (non-hydrogen) atoms. The molecular formula is C20H19F5N6O3. The van der Waals surface area contributed by atoms with Crippen molar-refractivity contribution in [3.63, 3.8) is 0 Å². The summed E-state index contributed by atoms with van der Waals surface area (Å²) in [6, 6.07) is 3.03. The summed E-state index contributed by atoms with van der Waals surface area (Å²) in [5.41, 5.74) is 9.23. The van der Waals surface area contributed by atoms with Gasteiger partial charge in [0.05, 0.1) is 18.5 Å². The molecule has 182 valence electrons. The van der Waals surface area contributed by atoms with Crippen LogP contribution >= 0.6 is 0 Å². The Labute approximate surface area is 188 Å². The van der Waals surface area contributed by atoms with Crippen LogP contribution < -0.4 is 5.73 Å². The molecule has 2 aliphatic rings. The van der Waals surface area contributed by atoms with Gasteiger partial charge >= 0.3 is 12.1 Å². The van der Waals surface area contributed by atoms with Crippen molar-refractivity contribution < 1.29 is 36.6 Å². The van der Waals surface area contributed by atoms with Crippen LogP contribution in [-0.2, 0) is 22.6 Å². The Hall–Kier alpha value is -3.23. The topological polar surface area (TPSA) is 119 Å². The van der Waals surface area contributed by atoms with E-state index >= 15 is 0 Å². The Balaban J connectivity index is 0.000000344. The zero-order valence-corrected chi connectivity index (χ0v) is 17.4. The second-order valence-corrected chi connectivity index (χ2v) is 7.86. The van der Waals surface area contributed by atoms with Crippen molar-refractivity contribution in [2.45, 2.75) is 43.9 Å². The Morgan fingerprint density at radius 3 is 2.62 bits per heavy atom. The number of hydrogen-bond acceptors (Lipinski definition) is 7. The molecule has 3 aromatic rings. The number of halogens is 5. The average Bonchev–Trinajstić information content (AvgIpc) is 3.33. The predicted molar refractivity (Wildman–Crippen MR) is 105 cm³/mol. The molecule has 1 aromatic carbocycles. The van der Waals surface area contributed by atoms with Crippen molar-refractivity contribution in [1.29, 1.82) is 0 Å². The van der Waals surface area contributed by atoms with Gasteiger partial charge in [-0.1, -0.05) is 0 Å². The van der Waals surface area contributed by atoms with Gasteiger partial charge in [0.1, 0.15) is 17.7 Å². The highest BCUT2D eigenvalue weighted by Gasteiger charge is 2.39. The molecule has 14 heteroatoms. The first kappa shape index (κ1) is 23.9. The lowest BCUT2D eigenvalue weighted by Crippen LogP contribution is -2.47. The number of aromatic nitrogens is 4. The number of ether oxygens (including phenoxy) is 1. The fraction of sp³-hybridized carbons (Fsp3) is 0.400. The van der Waals surface area contributed by atoms with Crippen LogP contribution in [0.1, 0.15) is 29.3 Å². The number of nitrogens with two attached hydrogens (primary N) is 1. The molecule has 2 aliphatic heterocycles. The third kappa shape index (κ3) is 4.83. The summed E-state index contributed by atoms with van der Waals surface area (Å²) in [4.78, 5) is 15.5. The lowest BCUT2D eigenvalue weighted by atomic mass is 9.93. The van der Waals surface area contributed by atoms with Crippen LogP contribution in [0.15, 0.2) is 30.6 Å². The van der Waals surface area contributed by atoms with Gasteiger partial charge in [-0.2, -0.15) is 23.4 Å². The van der Waals surface area contributed by atoms with E-state index in [-0.39, 0.29) is 11.6 Å². The minimum Gasteiger partial charge on any atom is -0.475 e. The van der Waals surface area contributed by atoms with Gasteiger partial charge in [-0.15, -0.1) is 4.63 Å². The number of rotatable bonds is 2. The number of fused-ring (bicyclic) bond motifs is 3. The summed E-state index contributed by atoms with van der Waals surface area (Å²) in [6.45, 7) is 1.76. The summed E-state index contributed by atoms with van der Waals surface area (Å²) in [5, 5.41) is 15.8. The number of nitrogens with zero attached hydrogens (tertiary/aromatic N) is 5. The van der Waals surface area contributed by atoms with Crippen LogP contribution in [0.2, 0.25) is 0 Å². The van der Waals surface area contributed by atoms with Crippen molar-refractivity contribution >= 4 is 11.6 Å². The van der Waals surface area contributed by atoms with Crippen LogP contribution in [-0.4, -0.2) is 60.7 Å². The fourth-order valence-electron chi connectivity index (χ4n) is 4.03. The third-order valence-corrected chi connectivity index (χ3v) is 5.60. The molecule has 0 amide bonds. The number of carboxylic acids is 1. The summed E-state index contributed by atoms with van der Waals surface area (Å²) in [7, 11) is 0. The van der Waals surface area contributed by atoms with E-state index in [1.165, 1.54) is 0 Å². The molecule has 3 N–H and O–H groups in total. The van der Waals surface area contributed by atoms with Gasteiger partial charge < -0.3 is 15.6 Å². The third-order valence-electron chi connectivity index (χ3n) is 5.60. The average molecular weight is 486 g/mol. The number of carboxylic acid groups (broad SMARTS) is 1. The van der Waals surface area contributed by atoms with E-state index in [1.807, 2.05) is 0 Å². The SMILES string of the molecule is N[C@H]1C[C@@H](N2Cc3nn4nccnc4c3C2)CO[C@@H]1c1cc(F)ccc1F.O=C(O)C(F)(F)F. The van der Waals surface area contributed by atoms with Crippen LogP contribution in [0.25, 0.3) is 5.65 Å². The van der Waals surface area contributed by atoms with E-state index in [0.29, 0.717) is 26.1 Å². The number of carbonyl (C=O) groups is 1. The van der Waals surface area contributed by atoms with Gasteiger partial charge in [-0.3, -0.25) is 4.90 Å². The Morgan fingerprint density at radius 2 is 1.94 bits per heavy atom. The zero-order chi connectivity index (χ0) is 24.6. The highest BCUT2D eigenvalue weighted by molar-refractivity contribution is 5.73. The van der Waals surface area contributed by atoms with E-state index in [4.69, 9.17) is 20.4 Å². The molecule has 9 nitrogen and oxygen atoms in total. The smallest absolute Gasteiger partial charge is 0.475 e. The first-order valence-electron chi connectivity index (χ1n) is 10.1. The highest BCUT2D eigenvalue weighted by atomic mass is 19.4. The number of aliphatic carboxylic acids is 1. The van der Waals surface area contributed by atoms with Crippen molar-refractivity contribution in [2.75, 3.05) is 6.61 Å². The minimum absolute atomic E-state index is 0.0822. The summed E-state index contributed by atoms with van der Waals surface area (Å²) in [6.07, 6.45) is -1.85. The quantitative estimate of drug-likeness (QED) is 0.530. The van der Waals surface area contributed by atoms with Crippen LogP contribution in [0.4, 0.5) is 22.0 Å². The van der Waals surface area contributed by atoms with E-state index in [1.54, 1.807) is 17.0 Å². The van der Waals surface area contributed by atoms with E-state index in [2.05, 4.69) is 20.1 Å². The standard InChI is InChI=1S/C18H18F2N6O.C2HF3O2/c19-10-1-2-14(20)12(5-10)17-15(21)6-11(9-27-17)25-7-13-16(8-25)24-26-18(13)22-3-4-23-26;3-2(4,5)1(6)7/h1-5,11,15,17H,6-9,21H2;(H,6,7)/t11-,15+,17-;/m1./s1. The maximum atomic E-state index is 14.1.